The first-order valence-electron chi connectivity index (χ1n) is 12.6. The van der Waals surface area contributed by atoms with E-state index in [0.29, 0.717) is 22.6 Å². The highest BCUT2D eigenvalue weighted by Gasteiger charge is 2.29. The fraction of sp³-hybridized carbons (Fsp3) is 0.114. The third-order valence-corrected chi connectivity index (χ3v) is 6.46. The second-order valence-corrected chi connectivity index (χ2v) is 10.2. The average molecular weight is 483 g/mol. The minimum Gasteiger partial charge on any atom is -0.455 e. The van der Waals surface area contributed by atoms with Crippen LogP contribution in [0.4, 0.5) is 0 Å². The number of rotatable bonds is 6. The number of hydrogen-bond donors (Lipinski definition) is 0. The number of carbonyl (C=O) groups is 1. The van der Waals surface area contributed by atoms with E-state index in [-0.39, 0.29) is 11.2 Å². The molecule has 2 nitrogen and oxygen atoms in total. The van der Waals surface area contributed by atoms with Gasteiger partial charge in [0.2, 0.25) is 0 Å². The lowest BCUT2D eigenvalue weighted by Crippen LogP contribution is -2.09. The predicted molar refractivity (Wildman–Crippen MR) is 153 cm³/mol. The van der Waals surface area contributed by atoms with Gasteiger partial charge in [0.25, 0.3) is 0 Å². The van der Waals surface area contributed by atoms with Crippen LogP contribution in [0.3, 0.4) is 0 Å². The SMILES string of the molecule is CC(C)(C)/C(=C/c1c(-c2ccccc2)oc(-c2ccccc2)c1C(=O)c1ccccc1)c1ccccc1. The van der Waals surface area contributed by atoms with Crippen molar-refractivity contribution in [1.82, 2.24) is 0 Å². The molecule has 0 radical (unpaired) electrons. The Hall–Kier alpha value is -4.43. The molecular formula is C35H30O2. The van der Waals surface area contributed by atoms with Crippen molar-refractivity contribution in [3.8, 4) is 22.6 Å². The van der Waals surface area contributed by atoms with E-state index in [1.54, 1.807) is 0 Å². The van der Waals surface area contributed by atoms with Crippen LogP contribution >= 0.6 is 0 Å². The van der Waals surface area contributed by atoms with E-state index in [9.17, 15) is 4.79 Å². The van der Waals surface area contributed by atoms with Gasteiger partial charge in [0, 0.05) is 22.3 Å². The smallest absolute Gasteiger partial charge is 0.197 e. The molecule has 0 fully saturated rings. The molecule has 0 saturated carbocycles. The monoisotopic (exact) mass is 482 g/mol. The first-order chi connectivity index (χ1) is 17.9. The molecule has 0 atom stereocenters. The predicted octanol–water partition coefficient (Wildman–Crippen LogP) is 9.43. The summed E-state index contributed by atoms with van der Waals surface area (Å²) in [4.78, 5) is 14.2. The molecule has 0 aliphatic heterocycles. The molecule has 4 aromatic carbocycles. The molecule has 0 unspecified atom stereocenters. The van der Waals surface area contributed by atoms with Crippen LogP contribution in [0.25, 0.3) is 34.3 Å². The van der Waals surface area contributed by atoms with Gasteiger partial charge in [-0.2, -0.15) is 0 Å². The van der Waals surface area contributed by atoms with Crippen LogP contribution in [-0.4, -0.2) is 5.78 Å². The van der Waals surface area contributed by atoms with Gasteiger partial charge in [0.05, 0.1) is 5.56 Å². The minimum atomic E-state index is -0.174. The highest BCUT2D eigenvalue weighted by atomic mass is 16.3. The number of allylic oxidation sites excluding steroid dienone is 1. The number of carbonyl (C=O) groups excluding carboxylic acids is 1. The highest BCUT2D eigenvalue weighted by molar-refractivity contribution is 6.16. The summed E-state index contributed by atoms with van der Waals surface area (Å²) in [6, 6.07) is 39.7. The zero-order chi connectivity index (χ0) is 25.8. The fourth-order valence-corrected chi connectivity index (χ4v) is 4.63. The second-order valence-electron chi connectivity index (χ2n) is 10.2. The molecule has 0 N–H and O–H groups in total. The van der Waals surface area contributed by atoms with Crippen molar-refractivity contribution in [3.63, 3.8) is 0 Å². The molecule has 0 amide bonds. The number of ketones is 1. The van der Waals surface area contributed by atoms with E-state index in [1.807, 2.05) is 109 Å². The largest absolute Gasteiger partial charge is 0.455 e. The fourth-order valence-electron chi connectivity index (χ4n) is 4.63. The Morgan fingerprint density at radius 2 is 1.03 bits per heavy atom. The molecule has 1 aromatic heterocycles. The van der Waals surface area contributed by atoms with Gasteiger partial charge in [-0.15, -0.1) is 0 Å². The summed E-state index contributed by atoms with van der Waals surface area (Å²) in [6.07, 6.45) is 2.16. The average Bonchev–Trinajstić information content (AvgIpc) is 3.32. The van der Waals surface area contributed by atoms with Crippen LogP contribution < -0.4 is 0 Å². The van der Waals surface area contributed by atoms with Crippen molar-refractivity contribution in [2.24, 2.45) is 5.41 Å². The summed E-state index contributed by atoms with van der Waals surface area (Å²) >= 11 is 0. The normalized spacial score (nSPS) is 11.9. The van der Waals surface area contributed by atoms with E-state index in [1.165, 1.54) is 0 Å². The quantitative estimate of drug-likeness (QED) is 0.226. The third kappa shape index (κ3) is 5.10. The molecule has 0 saturated heterocycles. The van der Waals surface area contributed by atoms with Crippen LogP contribution in [-0.2, 0) is 0 Å². The number of benzene rings is 4. The highest BCUT2D eigenvalue weighted by Crippen LogP contribution is 2.43. The Balaban J connectivity index is 1.87. The zero-order valence-electron chi connectivity index (χ0n) is 21.4. The van der Waals surface area contributed by atoms with Crippen LogP contribution in [0.5, 0.6) is 0 Å². The molecule has 0 bridgehead atoms. The van der Waals surface area contributed by atoms with Gasteiger partial charge in [0.15, 0.2) is 5.78 Å². The molecule has 37 heavy (non-hydrogen) atoms. The molecule has 0 aliphatic rings. The van der Waals surface area contributed by atoms with Gasteiger partial charge < -0.3 is 4.42 Å². The lowest BCUT2D eigenvalue weighted by atomic mass is 9.80. The Labute approximate surface area is 218 Å². The Bertz CT molecular complexity index is 1520. The van der Waals surface area contributed by atoms with Crippen LogP contribution in [0.2, 0.25) is 0 Å². The summed E-state index contributed by atoms with van der Waals surface area (Å²) in [5, 5.41) is 0. The first kappa shape index (κ1) is 24.3. The van der Waals surface area contributed by atoms with Gasteiger partial charge in [-0.25, -0.2) is 0 Å². The van der Waals surface area contributed by atoms with Gasteiger partial charge in [-0.1, -0.05) is 142 Å². The van der Waals surface area contributed by atoms with Gasteiger partial charge in [-0.3, -0.25) is 4.79 Å². The minimum absolute atomic E-state index is 0.0574. The number of hydrogen-bond acceptors (Lipinski definition) is 2. The third-order valence-electron chi connectivity index (χ3n) is 6.46. The van der Waals surface area contributed by atoms with Crippen molar-refractivity contribution >= 4 is 17.4 Å². The molecule has 2 heteroatoms. The lowest BCUT2D eigenvalue weighted by molar-refractivity contribution is 0.103. The summed E-state index contributed by atoms with van der Waals surface area (Å²) in [5.74, 6) is 1.22. The van der Waals surface area contributed by atoms with Crippen molar-refractivity contribution < 1.29 is 9.21 Å². The molecule has 0 aliphatic carbocycles. The summed E-state index contributed by atoms with van der Waals surface area (Å²) in [7, 11) is 0. The Morgan fingerprint density at radius 3 is 1.51 bits per heavy atom. The van der Waals surface area contributed by atoms with Crippen LogP contribution in [0, 0.1) is 5.41 Å². The lowest BCUT2D eigenvalue weighted by Gasteiger charge is -2.24. The summed E-state index contributed by atoms with van der Waals surface area (Å²) in [5.41, 5.74) is 5.89. The van der Waals surface area contributed by atoms with Gasteiger partial charge in [0.1, 0.15) is 11.5 Å². The van der Waals surface area contributed by atoms with E-state index in [4.69, 9.17) is 4.42 Å². The molecule has 5 rings (SSSR count). The van der Waals surface area contributed by atoms with Gasteiger partial charge in [-0.05, 0) is 22.6 Å². The van der Waals surface area contributed by atoms with Crippen molar-refractivity contribution in [2.45, 2.75) is 20.8 Å². The Morgan fingerprint density at radius 1 is 0.595 bits per heavy atom. The molecule has 0 spiro atoms. The van der Waals surface area contributed by atoms with Crippen LogP contribution in [0.15, 0.2) is 126 Å². The van der Waals surface area contributed by atoms with E-state index in [2.05, 4.69) is 39.0 Å². The maximum absolute atomic E-state index is 14.2. The van der Waals surface area contributed by atoms with Crippen molar-refractivity contribution in [3.05, 3.63) is 144 Å². The standard InChI is InChI=1S/C35H30O2/c1-35(2,3)30(25-16-8-4-9-17-25)24-29-31(32(36)26-18-10-5-11-19-26)34(28-22-14-7-15-23-28)37-33(29)27-20-12-6-13-21-27/h4-24H,1-3H3/b30-24+. The second kappa shape index (κ2) is 10.3. The van der Waals surface area contributed by atoms with E-state index >= 15 is 0 Å². The molecule has 1 heterocycles. The Kier molecular flexibility index (Phi) is 6.74. The maximum Gasteiger partial charge on any atom is 0.197 e. The maximum atomic E-state index is 14.2. The molecule has 182 valence electrons. The summed E-state index contributed by atoms with van der Waals surface area (Å²) < 4.78 is 6.64. The topological polar surface area (TPSA) is 30.2 Å². The van der Waals surface area contributed by atoms with E-state index < -0.39 is 0 Å². The summed E-state index contributed by atoms with van der Waals surface area (Å²) in [6.45, 7) is 6.60. The number of furan rings is 1. The van der Waals surface area contributed by atoms with Crippen LogP contribution in [0.1, 0.15) is 47.8 Å². The first-order valence-corrected chi connectivity index (χ1v) is 12.6. The van der Waals surface area contributed by atoms with Gasteiger partial charge >= 0.3 is 0 Å². The molecular weight excluding hydrogens is 452 g/mol. The van der Waals surface area contributed by atoms with Crippen molar-refractivity contribution in [2.75, 3.05) is 0 Å². The van der Waals surface area contributed by atoms with Crippen molar-refractivity contribution in [1.29, 1.82) is 0 Å². The van der Waals surface area contributed by atoms with E-state index in [0.717, 1.165) is 27.8 Å². The molecule has 5 aromatic rings. The zero-order valence-corrected chi connectivity index (χ0v) is 21.4.